The summed E-state index contributed by atoms with van der Waals surface area (Å²) in [5.74, 6) is -0.484. The Morgan fingerprint density at radius 3 is 2.40 bits per heavy atom. The van der Waals surface area contributed by atoms with Gasteiger partial charge in [0.2, 0.25) is 0 Å². The molecule has 9 nitrogen and oxygen atoms in total. The minimum absolute atomic E-state index is 0.159. The van der Waals surface area contributed by atoms with Gasteiger partial charge in [0.25, 0.3) is 5.91 Å². The summed E-state index contributed by atoms with van der Waals surface area (Å²) in [6.45, 7) is 0. The van der Waals surface area contributed by atoms with E-state index >= 15 is 0 Å². The van der Waals surface area contributed by atoms with Crippen molar-refractivity contribution in [2.45, 2.75) is 10.1 Å². The van der Waals surface area contributed by atoms with Crippen molar-refractivity contribution >= 4 is 58.3 Å². The Balaban J connectivity index is 1.59. The van der Waals surface area contributed by atoms with Crippen molar-refractivity contribution in [1.82, 2.24) is 20.4 Å². The van der Waals surface area contributed by atoms with E-state index in [0.717, 1.165) is 0 Å². The second-order valence-corrected chi connectivity index (χ2v) is 7.43. The predicted octanol–water partition coefficient (Wildman–Crippen LogP) is 4.26. The number of rotatable bonds is 6. The summed E-state index contributed by atoms with van der Waals surface area (Å²) < 4.78 is 0. The first-order valence-corrected chi connectivity index (χ1v) is 9.84. The van der Waals surface area contributed by atoms with Crippen LogP contribution < -0.4 is 16.1 Å². The molecule has 0 aliphatic heterocycles. The first-order chi connectivity index (χ1) is 14.4. The number of hydrogen-bond donors (Lipinski definition) is 3. The Hall–Kier alpha value is -2.92. The Bertz CT molecular complexity index is 1070. The maximum atomic E-state index is 12.1. The molecule has 3 amide bonds. The molecule has 0 aliphatic rings. The number of halogens is 2. The van der Waals surface area contributed by atoms with E-state index in [4.69, 9.17) is 23.2 Å². The second kappa shape index (κ2) is 10.2. The molecule has 0 fully saturated rings. The van der Waals surface area contributed by atoms with Gasteiger partial charge in [0.05, 0.1) is 29.0 Å². The highest BCUT2D eigenvalue weighted by atomic mass is 35.5. The molecule has 0 unspecified atom stereocenters. The Kier molecular flexibility index (Phi) is 7.41. The number of hydroxylamine groups is 1. The van der Waals surface area contributed by atoms with Gasteiger partial charge in [-0.15, -0.1) is 0 Å². The number of carbonyl (C=O) groups excluding carboxylic acids is 2. The average Bonchev–Trinajstić information content (AvgIpc) is 2.72. The largest absolute Gasteiger partial charge is 0.323 e. The lowest BCUT2D eigenvalue weighted by molar-refractivity contribution is 0.0532. The van der Waals surface area contributed by atoms with Crippen LogP contribution in [-0.4, -0.2) is 34.0 Å². The molecule has 3 N–H and O–H groups in total. The lowest BCUT2D eigenvalue weighted by Gasteiger charge is -2.09. The quantitative estimate of drug-likeness (QED) is 0.368. The third-order valence-electron chi connectivity index (χ3n) is 3.45. The molecule has 0 atom stereocenters. The summed E-state index contributed by atoms with van der Waals surface area (Å²) >= 11 is 13.0. The van der Waals surface area contributed by atoms with Crippen molar-refractivity contribution in [2.24, 2.45) is 0 Å². The van der Waals surface area contributed by atoms with Crippen molar-refractivity contribution in [2.75, 3.05) is 17.7 Å². The van der Waals surface area contributed by atoms with Gasteiger partial charge < -0.3 is 10.6 Å². The highest BCUT2D eigenvalue weighted by Gasteiger charge is 2.10. The highest BCUT2D eigenvalue weighted by Crippen LogP contribution is 2.26. The Labute approximate surface area is 185 Å². The topological polar surface area (TPSA) is 118 Å². The van der Waals surface area contributed by atoms with Gasteiger partial charge in [-0.1, -0.05) is 23.2 Å². The van der Waals surface area contributed by atoms with Gasteiger partial charge in [-0.3, -0.25) is 9.63 Å². The number of carbonyl (C=O) groups is 2. The second-order valence-electron chi connectivity index (χ2n) is 5.57. The van der Waals surface area contributed by atoms with Crippen LogP contribution in [0.3, 0.4) is 0 Å². The number of urea groups is 1. The first-order valence-electron chi connectivity index (χ1n) is 8.27. The summed E-state index contributed by atoms with van der Waals surface area (Å²) in [6.07, 6.45) is 2.77. The van der Waals surface area contributed by atoms with Crippen LogP contribution in [0.5, 0.6) is 0 Å². The summed E-state index contributed by atoms with van der Waals surface area (Å²) in [5, 5.41) is 7.19. The summed E-state index contributed by atoms with van der Waals surface area (Å²) in [4.78, 5) is 40.7. The van der Waals surface area contributed by atoms with E-state index in [-0.39, 0.29) is 5.69 Å². The predicted molar refractivity (Wildman–Crippen MR) is 114 cm³/mol. The molecule has 0 saturated carbocycles. The van der Waals surface area contributed by atoms with E-state index < -0.39 is 11.9 Å². The molecule has 3 rings (SSSR count). The Morgan fingerprint density at radius 2 is 1.70 bits per heavy atom. The van der Waals surface area contributed by atoms with E-state index in [1.807, 2.05) is 0 Å². The lowest BCUT2D eigenvalue weighted by atomic mass is 10.3. The normalized spacial score (nSPS) is 10.4. The molecular formula is C18H14Cl2N6O3S. The van der Waals surface area contributed by atoms with E-state index in [9.17, 15) is 9.59 Å². The molecule has 12 heteroatoms. The molecule has 0 spiro atoms. The molecule has 2 heterocycles. The molecule has 3 aromatic rings. The molecular weight excluding hydrogens is 451 g/mol. The van der Waals surface area contributed by atoms with Gasteiger partial charge in [0.15, 0.2) is 0 Å². The fourth-order valence-corrected chi connectivity index (χ4v) is 3.18. The number of benzene rings is 1. The van der Waals surface area contributed by atoms with Gasteiger partial charge in [-0.05, 0) is 42.1 Å². The third-order valence-corrected chi connectivity index (χ3v) is 5.07. The third kappa shape index (κ3) is 6.04. The van der Waals surface area contributed by atoms with Crippen molar-refractivity contribution in [3.63, 3.8) is 0 Å². The van der Waals surface area contributed by atoms with E-state index in [2.05, 4.69) is 35.9 Å². The SMILES string of the molecule is CONC(=O)c1cc(Sc2ccc(NC(=O)Nc3ccc(Cl)c(Cl)c3)cn2)ncn1. The highest BCUT2D eigenvalue weighted by molar-refractivity contribution is 7.99. The maximum absolute atomic E-state index is 12.1. The molecule has 30 heavy (non-hydrogen) atoms. The number of pyridine rings is 1. The van der Waals surface area contributed by atoms with Crippen LogP contribution in [0.25, 0.3) is 0 Å². The smallest absolute Gasteiger partial charge is 0.308 e. The number of aromatic nitrogens is 3. The molecule has 2 aromatic heterocycles. The van der Waals surface area contributed by atoms with Gasteiger partial charge in [-0.2, -0.15) is 0 Å². The zero-order chi connectivity index (χ0) is 21.5. The minimum Gasteiger partial charge on any atom is -0.308 e. The number of anilines is 2. The fourth-order valence-electron chi connectivity index (χ4n) is 2.15. The van der Waals surface area contributed by atoms with Crippen molar-refractivity contribution < 1.29 is 14.4 Å². The zero-order valence-corrected chi connectivity index (χ0v) is 17.7. The Morgan fingerprint density at radius 1 is 0.933 bits per heavy atom. The number of hydrogen-bond acceptors (Lipinski definition) is 7. The molecule has 0 saturated heterocycles. The van der Waals surface area contributed by atoms with E-state index in [1.54, 1.807) is 30.3 Å². The van der Waals surface area contributed by atoms with Crippen molar-refractivity contribution in [1.29, 1.82) is 0 Å². The summed E-state index contributed by atoms with van der Waals surface area (Å²) in [7, 11) is 1.33. The number of nitrogens with zero attached hydrogens (tertiary/aromatic N) is 3. The maximum Gasteiger partial charge on any atom is 0.323 e. The van der Waals surface area contributed by atoms with E-state index in [0.29, 0.717) is 31.5 Å². The van der Waals surface area contributed by atoms with Crippen LogP contribution in [0.1, 0.15) is 10.5 Å². The minimum atomic E-state index is -0.484. The molecule has 0 radical (unpaired) electrons. The van der Waals surface area contributed by atoms with Gasteiger partial charge >= 0.3 is 6.03 Å². The van der Waals surface area contributed by atoms with Gasteiger partial charge in [0, 0.05) is 11.8 Å². The van der Waals surface area contributed by atoms with Crippen molar-refractivity contribution in [3.8, 4) is 0 Å². The summed E-state index contributed by atoms with van der Waals surface area (Å²) in [6, 6.07) is 9.21. The average molecular weight is 465 g/mol. The van der Waals surface area contributed by atoms with Crippen LogP contribution in [-0.2, 0) is 4.84 Å². The van der Waals surface area contributed by atoms with Crippen LogP contribution in [0.15, 0.2) is 59.0 Å². The van der Waals surface area contributed by atoms with Crippen molar-refractivity contribution in [3.05, 3.63) is 64.7 Å². The fraction of sp³-hybridized carbons (Fsp3) is 0.0556. The molecule has 154 valence electrons. The molecule has 0 aliphatic carbocycles. The number of amides is 3. The summed E-state index contributed by atoms with van der Waals surface area (Å²) in [5.41, 5.74) is 3.33. The molecule has 1 aromatic carbocycles. The molecule has 0 bridgehead atoms. The van der Waals surface area contributed by atoms with Crippen LogP contribution in [0, 0.1) is 0 Å². The number of nitrogens with one attached hydrogen (secondary N) is 3. The standard InChI is InChI=1S/C18H14Cl2N6O3S/c1-29-26-17(27)14-7-16(23-9-22-14)30-15-5-3-11(8-21-15)25-18(28)24-10-2-4-12(19)13(20)6-10/h2-9H,1H3,(H,26,27)(H2,24,25,28). The lowest BCUT2D eigenvalue weighted by Crippen LogP contribution is -2.22. The van der Waals surface area contributed by atoms with E-state index in [1.165, 1.54) is 37.5 Å². The van der Waals surface area contributed by atoms with Crippen LogP contribution in [0.2, 0.25) is 10.0 Å². The monoisotopic (exact) mass is 464 g/mol. The zero-order valence-electron chi connectivity index (χ0n) is 15.3. The first kappa shape index (κ1) is 21.8. The van der Waals surface area contributed by atoms with Crippen LogP contribution >= 0.6 is 35.0 Å². The van der Waals surface area contributed by atoms with Crippen LogP contribution in [0.4, 0.5) is 16.2 Å². The van der Waals surface area contributed by atoms with Gasteiger partial charge in [0.1, 0.15) is 22.1 Å². The van der Waals surface area contributed by atoms with Gasteiger partial charge in [-0.25, -0.2) is 25.2 Å².